The van der Waals surface area contributed by atoms with E-state index in [1.165, 1.54) is 6.42 Å². The Kier molecular flexibility index (Phi) is 27.4. The standard InChI is InChI=1S/C20H25N9.C20H22N8.C19H20BrN9.C19H21N9.C19H22N8O/c1-3-28-18(6-8-22-28)26-19-9-17(14-5-4-7-21-10-14)25-20-16(12-24-29(19)20)15-11-23-27(2)13-15;1-27-13-15(11-23-27)17-12-24-28-19(25-16-4-7-21-8-5-16)9-18(26-20(17)28)14-3-2-6-22-10-14;1-28-11-13(7-24-28)15-10-25-29-17(27-19-22-8-14(20)9-23-19)5-16(26-18(15)29)12-3-2-4-21-6-12;1-27-12-14(9-23-27)15-10-24-28-18(26-17-11-21-5-6-22-17)7-16(25-19(15)28)13-3-2-4-20-8-13;1-12-6-18(28-25-12)24-17-7-16(13-4-3-5-20-8-13)23-19-15(10-22-27(17)19)14-9-21-26(2)11-14/h6,8-9,11-14,21,26H,3-5,7,10H2,1-2H3;4-5,7-9,11-14,22H,2-3,6,10H2,1H3,(H,21,25);5,7-12,21H,2-4,6H2,1H3,(H,22,23,27);5-7,9-13,20H,2-4,8H2,1H3,(H,22,26);6-7,9-11,13,20,24H,3-5,8H2,1-2H3. The minimum Gasteiger partial charge on any atom is -0.340 e. The molecule has 0 spiro atoms. The molecule has 0 bridgehead atoms. The lowest BCUT2D eigenvalue weighted by Crippen LogP contribution is -2.29. The fraction of sp³-hybridized carbons (Fsp3) is 0.340. The lowest BCUT2D eigenvalue weighted by Gasteiger charge is -2.23. The maximum Gasteiger partial charge on any atom is 0.230 e. The van der Waals surface area contributed by atoms with Crippen molar-refractivity contribution < 1.29 is 4.52 Å². The molecule has 0 radical (unpaired) electrons. The van der Waals surface area contributed by atoms with Crippen molar-refractivity contribution in [1.29, 1.82) is 0 Å². The second kappa shape index (κ2) is 42.1. The van der Waals surface area contributed by atoms with E-state index in [-0.39, 0.29) is 0 Å². The molecule has 25 heterocycles. The second-order valence-electron chi connectivity index (χ2n) is 36.1. The Morgan fingerprint density at radius 2 is 0.697 bits per heavy atom. The average molecular weight is 1970 g/mol. The van der Waals surface area contributed by atoms with Gasteiger partial charge in [-0.1, -0.05) is 5.16 Å². The Morgan fingerprint density at radius 1 is 0.345 bits per heavy atom. The highest BCUT2D eigenvalue weighted by Gasteiger charge is 2.30. The lowest BCUT2D eigenvalue weighted by atomic mass is 9.96. The summed E-state index contributed by atoms with van der Waals surface area (Å²) in [7, 11) is 9.54. The predicted octanol–water partition coefficient (Wildman–Crippen LogP) is 13.0. The highest BCUT2D eigenvalue weighted by Crippen LogP contribution is 2.39. The van der Waals surface area contributed by atoms with Crippen molar-refractivity contribution in [2.24, 2.45) is 35.2 Å². The van der Waals surface area contributed by atoms with Crippen molar-refractivity contribution in [3.8, 4) is 55.6 Å². The van der Waals surface area contributed by atoms with Gasteiger partial charge in [-0.3, -0.25) is 33.4 Å². The molecular formula is C97H110BrN43O. The molecule has 25 rings (SSSR count). The van der Waals surface area contributed by atoms with Crippen LogP contribution < -0.4 is 53.2 Å². The highest BCUT2D eigenvalue weighted by atomic mass is 79.9. The Balaban J connectivity index is 0.000000105. The first-order valence-corrected chi connectivity index (χ1v) is 48.8. The molecule has 0 aliphatic carbocycles. The smallest absolute Gasteiger partial charge is 0.230 e. The summed E-state index contributed by atoms with van der Waals surface area (Å²) in [5, 5.41) is 87.1. The van der Waals surface area contributed by atoms with E-state index in [0.29, 0.717) is 47.2 Å². The van der Waals surface area contributed by atoms with Gasteiger partial charge in [-0.2, -0.15) is 78.7 Å². The number of pyridine rings is 1. The van der Waals surface area contributed by atoms with E-state index >= 15 is 0 Å². The summed E-state index contributed by atoms with van der Waals surface area (Å²) in [6, 6.07) is 18.1. The quantitative estimate of drug-likeness (QED) is 0.0319. The molecule has 5 fully saturated rings. The summed E-state index contributed by atoms with van der Waals surface area (Å²) in [5.74, 6) is 8.77. The van der Waals surface area contributed by atoms with E-state index in [1.807, 2.05) is 178 Å². The normalized spacial score (nSPS) is 17.1. The van der Waals surface area contributed by atoms with Crippen molar-refractivity contribution >= 4 is 102 Å². The van der Waals surface area contributed by atoms with Crippen LogP contribution in [0.2, 0.25) is 0 Å². The number of aromatic nitrogens is 33. The number of hydrogen-bond acceptors (Lipinski definition) is 33. The molecule has 0 amide bonds. The number of piperidine rings is 5. The molecule has 142 heavy (non-hydrogen) atoms. The van der Waals surface area contributed by atoms with Gasteiger partial charge in [-0.05, 0) is 139 Å². The Labute approximate surface area is 823 Å². The molecular weight excluding hydrogens is 1860 g/mol. The van der Waals surface area contributed by atoms with Crippen LogP contribution in [0.4, 0.5) is 58.2 Å². The number of rotatable bonds is 21. The molecule has 5 unspecified atom stereocenters. The number of anilines is 10. The number of nitrogens with zero attached hydrogens (tertiary/aromatic N) is 33. The average Bonchev–Trinajstić information content (AvgIpc) is 1.63. The number of hydrogen-bond donors (Lipinski definition) is 10. The molecule has 726 valence electrons. The third kappa shape index (κ3) is 20.8. The third-order valence-electron chi connectivity index (χ3n) is 25.9. The topological polar surface area (TPSA) is 469 Å². The van der Waals surface area contributed by atoms with Gasteiger partial charge in [0.2, 0.25) is 11.8 Å². The molecule has 10 N–H and O–H groups in total. The van der Waals surface area contributed by atoms with Crippen LogP contribution in [0.1, 0.15) is 135 Å². The zero-order valence-corrected chi connectivity index (χ0v) is 81.3. The number of aryl methyl sites for hydroxylation is 7. The van der Waals surface area contributed by atoms with Crippen molar-refractivity contribution in [1.82, 2.24) is 188 Å². The monoisotopic (exact) mass is 1970 g/mol. The zero-order chi connectivity index (χ0) is 96.5. The third-order valence-corrected chi connectivity index (χ3v) is 26.3. The minimum atomic E-state index is 0.358. The van der Waals surface area contributed by atoms with E-state index < -0.39 is 0 Å². The van der Waals surface area contributed by atoms with E-state index in [0.717, 1.165) is 293 Å². The van der Waals surface area contributed by atoms with Crippen LogP contribution in [0.15, 0.2) is 206 Å². The fourth-order valence-corrected chi connectivity index (χ4v) is 18.9. The van der Waals surface area contributed by atoms with E-state index in [2.05, 4.69) is 193 Å². The Morgan fingerprint density at radius 3 is 1.01 bits per heavy atom. The van der Waals surface area contributed by atoms with Gasteiger partial charge in [-0.25, -0.2) is 44.6 Å². The van der Waals surface area contributed by atoms with Crippen molar-refractivity contribution in [2.45, 2.75) is 114 Å². The first-order chi connectivity index (χ1) is 69.6. The molecule has 45 heteroatoms. The van der Waals surface area contributed by atoms with Crippen molar-refractivity contribution in [2.75, 3.05) is 92.0 Å². The largest absolute Gasteiger partial charge is 0.340 e. The van der Waals surface area contributed by atoms with E-state index in [4.69, 9.17) is 29.4 Å². The van der Waals surface area contributed by atoms with Crippen LogP contribution >= 0.6 is 15.9 Å². The molecule has 0 saturated carbocycles. The maximum absolute atomic E-state index is 5.35. The van der Waals surface area contributed by atoms with Gasteiger partial charge in [0, 0.05) is 276 Å². The summed E-state index contributed by atoms with van der Waals surface area (Å²) < 4.78 is 26.2. The summed E-state index contributed by atoms with van der Waals surface area (Å²) in [4.78, 5) is 46.3. The molecule has 5 aliphatic heterocycles. The minimum absolute atomic E-state index is 0.358. The summed E-state index contributed by atoms with van der Waals surface area (Å²) in [5.41, 5.74) is 21.0. The Hall–Kier alpha value is -15.8. The molecule has 5 saturated heterocycles. The van der Waals surface area contributed by atoms with Gasteiger partial charge in [0.05, 0.1) is 113 Å². The van der Waals surface area contributed by atoms with Crippen LogP contribution in [0.5, 0.6) is 0 Å². The van der Waals surface area contributed by atoms with Gasteiger partial charge in [0.25, 0.3) is 0 Å². The van der Waals surface area contributed by atoms with Gasteiger partial charge in [-0.15, -0.1) is 0 Å². The number of nitrogens with one attached hydrogen (secondary N) is 10. The molecule has 5 atom stereocenters. The fourth-order valence-electron chi connectivity index (χ4n) is 18.7. The van der Waals surface area contributed by atoms with Crippen molar-refractivity contribution in [3.05, 3.63) is 236 Å². The zero-order valence-electron chi connectivity index (χ0n) is 79.8. The number of halogens is 1. The van der Waals surface area contributed by atoms with Gasteiger partial charge < -0.3 is 57.7 Å². The highest BCUT2D eigenvalue weighted by molar-refractivity contribution is 9.10. The summed E-state index contributed by atoms with van der Waals surface area (Å²) in [6.07, 6.45) is 53.5. The number of fused-ring (bicyclic) bond motifs is 5. The van der Waals surface area contributed by atoms with Crippen LogP contribution in [0.25, 0.3) is 83.9 Å². The summed E-state index contributed by atoms with van der Waals surface area (Å²) >= 11 is 3.37. The predicted molar refractivity (Wildman–Crippen MR) is 542 cm³/mol. The summed E-state index contributed by atoms with van der Waals surface area (Å²) in [6.45, 7) is 14.8. The molecule has 0 aromatic carbocycles. The molecule has 20 aromatic rings. The first-order valence-electron chi connectivity index (χ1n) is 48.0. The molecule has 5 aliphatic rings. The van der Waals surface area contributed by atoms with Crippen LogP contribution in [0.3, 0.4) is 0 Å². The SMILES string of the molecule is CCn1nccc1Nc1cc(C2CCCNC2)nc2c(-c3cnn(C)c3)cnn12.Cc1cc(Nc2cc(C3CCCNC3)nc3c(-c4cnn(C)c4)cnn23)on1.Cn1cc(-c2cnn3c(Nc4ccncc4)cc(C4CCCNC4)nc23)cn1.Cn1cc(-c2cnn3c(Nc4cnccn4)cc(C4CCCNC4)nc23)cn1.Cn1cc(-c2cnn3c(Nc4ncc(Br)cn4)cc(C4CCCNC4)nc23)cn1. The van der Waals surface area contributed by atoms with Crippen molar-refractivity contribution in [3.63, 3.8) is 0 Å². The first kappa shape index (κ1) is 92.5. The molecule has 20 aromatic heterocycles. The lowest BCUT2D eigenvalue weighted by molar-refractivity contribution is 0.429. The van der Waals surface area contributed by atoms with Gasteiger partial charge in [0.1, 0.15) is 40.7 Å². The maximum atomic E-state index is 5.35. The van der Waals surface area contributed by atoms with Crippen LogP contribution in [-0.4, -0.2) is 227 Å². The van der Waals surface area contributed by atoms with Gasteiger partial charge >= 0.3 is 0 Å². The van der Waals surface area contributed by atoms with Crippen LogP contribution in [-0.2, 0) is 41.8 Å². The van der Waals surface area contributed by atoms with E-state index in [1.54, 1.807) is 82.0 Å². The molecule has 44 nitrogen and oxygen atoms in total. The second-order valence-corrected chi connectivity index (χ2v) is 37.0. The Bertz CT molecular complexity index is 7490. The van der Waals surface area contributed by atoms with E-state index in [9.17, 15) is 0 Å². The van der Waals surface area contributed by atoms with Crippen LogP contribution in [0, 0.1) is 6.92 Å². The van der Waals surface area contributed by atoms with Gasteiger partial charge in [0.15, 0.2) is 28.2 Å².